The fourth-order valence-corrected chi connectivity index (χ4v) is 3.79. The van der Waals surface area contributed by atoms with Gasteiger partial charge in [-0.05, 0) is 19.0 Å². The first kappa shape index (κ1) is 23.1. The van der Waals surface area contributed by atoms with Gasteiger partial charge in [-0.2, -0.15) is 5.10 Å². The Balaban J connectivity index is 1.37. The van der Waals surface area contributed by atoms with Gasteiger partial charge in [0.2, 0.25) is 5.88 Å². The molecule has 0 amide bonds. The Morgan fingerprint density at radius 1 is 1.33 bits per heavy atom. The predicted molar refractivity (Wildman–Crippen MR) is 130 cm³/mol. The average Bonchev–Trinajstić information content (AvgIpc) is 3.20. The van der Waals surface area contributed by atoms with Crippen molar-refractivity contribution in [2.24, 2.45) is 12.0 Å². The van der Waals surface area contributed by atoms with Crippen molar-refractivity contribution < 1.29 is 9.47 Å². The van der Waals surface area contributed by atoms with Gasteiger partial charge in [-0.25, -0.2) is 4.98 Å². The second kappa shape index (κ2) is 10.7. The van der Waals surface area contributed by atoms with E-state index in [1.54, 1.807) is 23.3 Å². The Labute approximate surface area is 198 Å². The van der Waals surface area contributed by atoms with Crippen LogP contribution in [0.3, 0.4) is 0 Å². The smallest absolute Gasteiger partial charge is 0.233 e. The molecular weight excluding hydrogens is 442 g/mol. The van der Waals surface area contributed by atoms with E-state index in [1.165, 1.54) is 0 Å². The zero-order valence-corrected chi connectivity index (χ0v) is 19.8. The summed E-state index contributed by atoms with van der Waals surface area (Å²) in [6.07, 6.45) is 10.6. The van der Waals surface area contributed by atoms with Crippen molar-refractivity contribution >= 4 is 23.8 Å². The zero-order valence-electron chi connectivity index (χ0n) is 19.1. The molecule has 2 aliphatic rings. The summed E-state index contributed by atoms with van der Waals surface area (Å²) >= 11 is 6.43. The summed E-state index contributed by atoms with van der Waals surface area (Å²) in [7, 11) is 1.88. The Hall–Kier alpha value is -3.04. The van der Waals surface area contributed by atoms with Crippen molar-refractivity contribution in [1.82, 2.24) is 25.4 Å². The SMILES string of the molecule is CC(C)NCCCOc1cnc(OC2C=CC3N=CNC(Nc4ccn(C)n4)=C3C2)c(Cl)c1. The van der Waals surface area contributed by atoms with E-state index in [0.29, 0.717) is 35.7 Å². The number of halogens is 1. The number of ether oxygens (including phenoxy) is 2. The predicted octanol–water partition coefficient (Wildman–Crippen LogP) is 3.27. The van der Waals surface area contributed by atoms with Gasteiger partial charge in [0.05, 0.1) is 25.2 Å². The lowest BCUT2D eigenvalue weighted by Gasteiger charge is -2.29. The van der Waals surface area contributed by atoms with Crippen LogP contribution in [0, 0.1) is 0 Å². The minimum atomic E-state index is -0.217. The third-order valence-corrected chi connectivity index (χ3v) is 5.48. The number of pyridine rings is 1. The molecule has 0 fully saturated rings. The van der Waals surface area contributed by atoms with Crippen LogP contribution < -0.4 is 25.4 Å². The molecule has 2 unspecified atom stereocenters. The molecule has 3 N–H and O–H groups in total. The van der Waals surface area contributed by atoms with Crippen molar-refractivity contribution in [3.63, 3.8) is 0 Å². The van der Waals surface area contributed by atoms with Crippen LogP contribution in [0.4, 0.5) is 5.82 Å². The van der Waals surface area contributed by atoms with Crippen LogP contribution >= 0.6 is 11.6 Å². The van der Waals surface area contributed by atoms with Crippen LogP contribution in [-0.2, 0) is 7.05 Å². The minimum absolute atomic E-state index is 0.0401. The fraction of sp³-hybridized carbons (Fsp3) is 0.435. The number of anilines is 1. The fourth-order valence-electron chi connectivity index (χ4n) is 3.59. The molecule has 0 radical (unpaired) electrons. The largest absolute Gasteiger partial charge is 0.492 e. The highest BCUT2D eigenvalue weighted by molar-refractivity contribution is 6.31. The number of aliphatic imine (C=N–C) groups is 1. The summed E-state index contributed by atoms with van der Waals surface area (Å²) in [6, 6.07) is 4.09. The van der Waals surface area contributed by atoms with Crippen molar-refractivity contribution in [2.75, 3.05) is 18.5 Å². The van der Waals surface area contributed by atoms with E-state index in [2.05, 4.69) is 44.9 Å². The summed E-state index contributed by atoms with van der Waals surface area (Å²) in [4.78, 5) is 8.88. The first-order valence-corrected chi connectivity index (χ1v) is 11.5. The maximum absolute atomic E-state index is 6.43. The molecule has 0 aromatic carbocycles. The third-order valence-electron chi connectivity index (χ3n) is 5.21. The van der Waals surface area contributed by atoms with E-state index in [9.17, 15) is 0 Å². The number of aryl methyl sites for hydroxylation is 1. The highest BCUT2D eigenvalue weighted by Crippen LogP contribution is 2.31. The van der Waals surface area contributed by atoms with E-state index < -0.39 is 0 Å². The van der Waals surface area contributed by atoms with Crippen LogP contribution in [0.2, 0.25) is 5.02 Å². The molecule has 1 aliphatic carbocycles. The lowest BCUT2D eigenvalue weighted by molar-refractivity contribution is 0.232. The molecule has 1 aliphatic heterocycles. The molecule has 10 heteroatoms. The number of aromatic nitrogens is 3. The minimum Gasteiger partial charge on any atom is -0.492 e. The van der Waals surface area contributed by atoms with Crippen LogP contribution in [0.25, 0.3) is 0 Å². The van der Waals surface area contributed by atoms with Gasteiger partial charge in [0.15, 0.2) is 5.82 Å². The maximum atomic E-state index is 6.43. The molecule has 2 atom stereocenters. The Morgan fingerprint density at radius 3 is 2.97 bits per heavy atom. The van der Waals surface area contributed by atoms with E-state index in [0.717, 1.165) is 30.2 Å². The highest BCUT2D eigenvalue weighted by atomic mass is 35.5. The van der Waals surface area contributed by atoms with E-state index in [-0.39, 0.29) is 12.1 Å². The first-order valence-electron chi connectivity index (χ1n) is 11.1. The lowest BCUT2D eigenvalue weighted by Crippen LogP contribution is -2.34. The summed E-state index contributed by atoms with van der Waals surface area (Å²) in [6.45, 7) is 5.74. The number of rotatable bonds is 10. The molecule has 33 heavy (non-hydrogen) atoms. The number of fused-ring (bicyclic) bond motifs is 1. The third kappa shape index (κ3) is 6.27. The molecular formula is C23H30ClN7O2. The standard InChI is InChI=1S/C23H30ClN7O2/c1-15(2)25-8-4-10-32-17-12-19(24)23(26-13-17)33-16-5-6-20-18(11-16)22(28-14-27-20)29-21-7-9-31(3)30-21/h5-7,9,12-16,20,25H,4,8,10-11H2,1-3H3,(H,27,28)(H,29,30). The van der Waals surface area contributed by atoms with E-state index in [4.69, 9.17) is 21.1 Å². The second-order valence-electron chi connectivity index (χ2n) is 8.28. The molecule has 4 rings (SSSR count). The number of nitrogens with one attached hydrogen (secondary N) is 3. The molecule has 0 bridgehead atoms. The Kier molecular flexibility index (Phi) is 7.51. The molecule has 176 valence electrons. The topological polar surface area (TPSA) is 97.6 Å². The Bertz CT molecular complexity index is 1050. The maximum Gasteiger partial charge on any atom is 0.233 e. The van der Waals surface area contributed by atoms with Gasteiger partial charge in [-0.1, -0.05) is 31.5 Å². The van der Waals surface area contributed by atoms with Crippen molar-refractivity contribution in [2.45, 2.75) is 44.9 Å². The zero-order chi connectivity index (χ0) is 23.2. The molecule has 9 nitrogen and oxygen atoms in total. The van der Waals surface area contributed by atoms with Crippen molar-refractivity contribution in [3.8, 4) is 11.6 Å². The summed E-state index contributed by atoms with van der Waals surface area (Å²) in [5, 5.41) is 14.7. The summed E-state index contributed by atoms with van der Waals surface area (Å²) < 4.78 is 13.6. The van der Waals surface area contributed by atoms with Gasteiger partial charge in [0, 0.05) is 43.4 Å². The summed E-state index contributed by atoms with van der Waals surface area (Å²) in [5.74, 6) is 2.63. The monoisotopic (exact) mass is 471 g/mol. The van der Waals surface area contributed by atoms with Gasteiger partial charge >= 0.3 is 0 Å². The van der Waals surface area contributed by atoms with Crippen molar-refractivity contribution in [1.29, 1.82) is 0 Å². The number of nitrogens with zero attached hydrogens (tertiary/aromatic N) is 4. The van der Waals surface area contributed by atoms with Crippen LogP contribution in [0.1, 0.15) is 26.7 Å². The van der Waals surface area contributed by atoms with E-state index >= 15 is 0 Å². The van der Waals surface area contributed by atoms with E-state index in [1.807, 2.05) is 31.5 Å². The first-order chi connectivity index (χ1) is 16.0. The Morgan fingerprint density at radius 2 is 2.21 bits per heavy atom. The molecule has 3 heterocycles. The van der Waals surface area contributed by atoms with Gasteiger partial charge in [0.25, 0.3) is 0 Å². The quantitative estimate of drug-likeness (QED) is 0.361. The molecule has 2 aromatic heterocycles. The normalized spacial score (nSPS) is 19.4. The van der Waals surface area contributed by atoms with Crippen molar-refractivity contribution in [3.05, 3.63) is 53.1 Å². The lowest BCUT2D eigenvalue weighted by atomic mass is 9.93. The highest BCUT2D eigenvalue weighted by Gasteiger charge is 2.27. The van der Waals surface area contributed by atoms with Crippen LogP contribution in [-0.4, -0.2) is 52.4 Å². The molecule has 0 saturated carbocycles. The average molecular weight is 472 g/mol. The summed E-state index contributed by atoms with van der Waals surface area (Å²) in [5.41, 5.74) is 1.08. The molecule has 0 spiro atoms. The second-order valence-corrected chi connectivity index (χ2v) is 8.69. The number of hydrogen-bond donors (Lipinski definition) is 3. The van der Waals surface area contributed by atoms with Gasteiger partial charge in [-0.3, -0.25) is 9.67 Å². The molecule has 0 saturated heterocycles. The number of hydrogen-bond acceptors (Lipinski definition) is 8. The van der Waals surface area contributed by atoms with Crippen LogP contribution in [0.15, 0.2) is 53.1 Å². The van der Waals surface area contributed by atoms with Gasteiger partial charge < -0.3 is 25.4 Å². The van der Waals surface area contributed by atoms with Gasteiger partial charge in [0.1, 0.15) is 22.7 Å². The molecule has 2 aromatic rings. The van der Waals surface area contributed by atoms with Crippen LogP contribution in [0.5, 0.6) is 11.6 Å². The van der Waals surface area contributed by atoms with Gasteiger partial charge in [-0.15, -0.1) is 0 Å².